The summed E-state index contributed by atoms with van der Waals surface area (Å²) in [6, 6.07) is 8.79. The van der Waals surface area contributed by atoms with Crippen LogP contribution in [0, 0.1) is 17.3 Å². The van der Waals surface area contributed by atoms with E-state index in [1.807, 2.05) is 6.07 Å². The normalized spacial score (nSPS) is 31.4. The Morgan fingerprint density at radius 2 is 2.15 bits per heavy atom. The lowest BCUT2D eigenvalue weighted by atomic mass is 9.90. The number of ether oxygens (including phenoxy) is 2. The van der Waals surface area contributed by atoms with Crippen LogP contribution in [0.25, 0.3) is 0 Å². The number of hydrogen-bond acceptors (Lipinski definition) is 6. The molecule has 0 radical (unpaired) electrons. The summed E-state index contributed by atoms with van der Waals surface area (Å²) in [5.41, 5.74) is -0.449. The van der Waals surface area contributed by atoms with Crippen molar-refractivity contribution < 1.29 is 24.3 Å². The zero-order valence-electron chi connectivity index (χ0n) is 10.8. The van der Waals surface area contributed by atoms with Crippen molar-refractivity contribution in [2.45, 2.75) is 0 Å². The first-order chi connectivity index (χ1) is 9.67. The van der Waals surface area contributed by atoms with Crippen LogP contribution in [0.4, 0.5) is 0 Å². The minimum Gasteiger partial charge on any atom is -0.469 e. The smallest absolute Gasteiger partial charge is 0.319 e. The van der Waals surface area contributed by atoms with Crippen molar-refractivity contribution in [2.75, 3.05) is 13.7 Å². The van der Waals surface area contributed by atoms with Crippen LogP contribution < -0.4 is 0 Å². The Hall–Kier alpha value is -2.37. The Bertz CT molecular complexity index is 597. The number of cyclic esters (lactones) is 1. The van der Waals surface area contributed by atoms with Gasteiger partial charge in [0.25, 0.3) is 0 Å². The van der Waals surface area contributed by atoms with Gasteiger partial charge in [0, 0.05) is 11.5 Å². The number of hydrogen-bond donors (Lipinski definition) is 1. The number of oxime groups is 1. The second-order valence-corrected chi connectivity index (χ2v) is 4.89. The highest BCUT2D eigenvalue weighted by molar-refractivity contribution is 6.22. The van der Waals surface area contributed by atoms with Crippen LogP contribution in [0.5, 0.6) is 0 Å². The molecule has 2 aliphatic rings. The van der Waals surface area contributed by atoms with Crippen molar-refractivity contribution >= 4 is 17.7 Å². The van der Waals surface area contributed by atoms with Crippen molar-refractivity contribution in [1.29, 1.82) is 0 Å². The molecule has 0 unspecified atom stereocenters. The number of nitrogens with zero attached hydrogens (tertiary/aromatic N) is 1. The second-order valence-electron chi connectivity index (χ2n) is 4.89. The SMILES string of the molecule is COC(=O)[C@@H]1[C@@H]2COC(=O)[C@]12/C(=N\O)c1ccccc1. The molecule has 3 rings (SSSR count). The fraction of sp³-hybridized carbons (Fsp3) is 0.357. The molecule has 0 amide bonds. The lowest BCUT2D eigenvalue weighted by Crippen LogP contribution is -2.31. The molecule has 1 aromatic rings. The van der Waals surface area contributed by atoms with Crippen molar-refractivity contribution in [3.8, 4) is 0 Å². The fourth-order valence-corrected chi connectivity index (χ4v) is 3.12. The first-order valence-corrected chi connectivity index (χ1v) is 6.21. The second kappa shape index (κ2) is 4.33. The quantitative estimate of drug-likeness (QED) is 0.382. The number of fused-ring (bicyclic) bond motifs is 1. The largest absolute Gasteiger partial charge is 0.469 e. The zero-order chi connectivity index (χ0) is 14.3. The van der Waals surface area contributed by atoms with Gasteiger partial charge < -0.3 is 14.7 Å². The molecular weight excluding hydrogens is 262 g/mol. The van der Waals surface area contributed by atoms with Gasteiger partial charge in [-0.15, -0.1) is 0 Å². The Morgan fingerprint density at radius 3 is 2.75 bits per heavy atom. The van der Waals surface area contributed by atoms with Gasteiger partial charge in [-0.05, 0) is 0 Å². The highest BCUT2D eigenvalue weighted by Crippen LogP contribution is 2.65. The number of carbonyl (C=O) groups excluding carboxylic acids is 2. The predicted octanol–water partition coefficient (Wildman–Crippen LogP) is 0.827. The van der Waals surface area contributed by atoms with Crippen molar-refractivity contribution in [3.63, 3.8) is 0 Å². The standard InChI is InChI=1S/C14H13NO5/c1-19-12(16)10-9-7-20-13(17)14(9,10)11(15-18)8-5-3-2-4-6-8/h2-6,9-10,18H,7H2,1H3/b15-11-/t9-,10-,14-/m0/s1. The van der Waals surface area contributed by atoms with Gasteiger partial charge in [0.1, 0.15) is 11.1 Å². The number of benzene rings is 1. The van der Waals surface area contributed by atoms with Crippen LogP contribution in [-0.4, -0.2) is 36.6 Å². The number of carbonyl (C=O) groups is 2. The Morgan fingerprint density at radius 1 is 1.45 bits per heavy atom. The number of rotatable bonds is 3. The van der Waals surface area contributed by atoms with E-state index in [-0.39, 0.29) is 18.2 Å². The molecule has 0 spiro atoms. The maximum absolute atomic E-state index is 12.1. The molecule has 1 saturated carbocycles. The molecule has 20 heavy (non-hydrogen) atoms. The third-order valence-corrected chi connectivity index (χ3v) is 4.09. The maximum Gasteiger partial charge on any atom is 0.319 e. The first-order valence-electron chi connectivity index (χ1n) is 6.21. The topological polar surface area (TPSA) is 85.2 Å². The third kappa shape index (κ3) is 1.41. The molecular formula is C14H13NO5. The van der Waals surface area contributed by atoms with Gasteiger partial charge in [0.2, 0.25) is 0 Å². The van der Waals surface area contributed by atoms with Gasteiger partial charge in [-0.3, -0.25) is 9.59 Å². The lowest BCUT2D eigenvalue weighted by molar-refractivity contribution is -0.151. The molecule has 104 valence electrons. The van der Waals surface area contributed by atoms with E-state index in [0.29, 0.717) is 5.56 Å². The summed E-state index contributed by atoms with van der Waals surface area (Å²) in [7, 11) is 1.27. The van der Waals surface area contributed by atoms with Gasteiger partial charge in [0.05, 0.1) is 19.6 Å². The third-order valence-electron chi connectivity index (χ3n) is 4.09. The van der Waals surface area contributed by atoms with E-state index in [1.165, 1.54) is 7.11 Å². The number of esters is 2. The van der Waals surface area contributed by atoms with Crippen LogP contribution in [0.3, 0.4) is 0 Å². The fourth-order valence-electron chi connectivity index (χ4n) is 3.12. The average molecular weight is 275 g/mol. The van der Waals surface area contributed by atoms with Crippen molar-refractivity contribution in [3.05, 3.63) is 35.9 Å². The van der Waals surface area contributed by atoms with E-state index in [2.05, 4.69) is 5.16 Å². The van der Waals surface area contributed by atoms with Gasteiger partial charge in [-0.25, -0.2) is 0 Å². The zero-order valence-corrected chi connectivity index (χ0v) is 10.8. The van der Waals surface area contributed by atoms with Crippen LogP contribution >= 0.6 is 0 Å². The average Bonchev–Trinajstić information content (AvgIpc) is 3.04. The minimum atomic E-state index is -1.21. The molecule has 2 fully saturated rings. The molecule has 1 heterocycles. The van der Waals surface area contributed by atoms with Crippen molar-refractivity contribution in [2.24, 2.45) is 22.4 Å². The van der Waals surface area contributed by atoms with Crippen LogP contribution in [0.1, 0.15) is 5.56 Å². The molecule has 0 aromatic heterocycles. The van der Waals surface area contributed by atoms with E-state index in [9.17, 15) is 14.8 Å². The molecule has 1 aromatic carbocycles. The molecule has 1 saturated heterocycles. The molecule has 6 heteroatoms. The first kappa shape index (κ1) is 12.7. The summed E-state index contributed by atoms with van der Waals surface area (Å²) >= 11 is 0. The van der Waals surface area contributed by atoms with Gasteiger partial charge in [0.15, 0.2) is 0 Å². The molecule has 1 aliphatic heterocycles. The Kier molecular flexibility index (Phi) is 2.74. The Balaban J connectivity index is 2.06. The van der Waals surface area contributed by atoms with Gasteiger partial charge >= 0.3 is 11.9 Å². The highest BCUT2D eigenvalue weighted by atomic mass is 16.6. The predicted molar refractivity (Wildman–Crippen MR) is 67.2 cm³/mol. The summed E-state index contributed by atoms with van der Waals surface area (Å²) in [6.45, 7) is 0.143. The van der Waals surface area contributed by atoms with E-state index in [1.54, 1.807) is 24.3 Å². The van der Waals surface area contributed by atoms with E-state index in [0.717, 1.165) is 0 Å². The van der Waals surface area contributed by atoms with Crippen molar-refractivity contribution in [1.82, 2.24) is 0 Å². The highest BCUT2D eigenvalue weighted by Gasteiger charge is 2.81. The molecule has 1 aliphatic carbocycles. The molecule has 1 N–H and O–H groups in total. The van der Waals surface area contributed by atoms with E-state index < -0.39 is 23.3 Å². The number of methoxy groups -OCH3 is 1. The lowest BCUT2D eigenvalue weighted by Gasteiger charge is -2.14. The Labute approximate surface area is 115 Å². The molecule has 0 bridgehead atoms. The minimum absolute atomic E-state index is 0.143. The van der Waals surface area contributed by atoms with Crippen LogP contribution in [-0.2, 0) is 19.1 Å². The monoisotopic (exact) mass is 275 g/mol. The van der Waals surface area contributed by atoms with E-state index >= 15 is 0 Å². The van der Waals surface area contributed by atoms with Gasteiger partial charge in [-0.2, -0.15) is 0 Å². The summed E-state index contributed by atoms with van der Waals surface area (Å²) in [4.78, 5) is 23.9. The summed E-state index contributed by atoms with van der Waals surface area (Å²) in [6.07, 6.45) is 0. The van der Waals surface area contributed by atoms with Gasteiger partial charge in [-0.1, -0.05) is 35.5 Å². The van der Waals surface area contributed by atoms with Crippen LogP contribution in [0.15, 0.2) is 35.5 Å². The maximum atomic E-state index is 12.1. The van der Waals surface area contributed by atoms with E-state index in [4.69, 9.17) is 9.47 Å². The summed E-state index contributed by atoms with van der Waals surface area (Å²) in [5.74, 6) is -1.98. The molecule has 3 atom stereocenters. The molecule has 6 nitrogen and oxygen atoms in total. The summed E-state index contributed by atoms with van der Waals surface area (Å²) < 4.78 is 9.74. The van der Waals surface area contributed by atoms with Crippen LogP contribution in [0.2, 0.25) is 0 Å². The summed E-state index contributed by atoms with van der Waals surface area (Å²) in [5, 5.41) is 12.6.